The molecule has 0 aliphatic rings. The van der Waals surface area contributed by atoms with Crippen LogP contribution in [0.1, 0.15) is 155 Å². The molecule has 0 fully saturated rings. The molecule has 1 unspecified atom stereocenters. The lowest BCUT2D eigenvalue weighted by molar-refractivity contribution is -0.161. The summed E-state index contributed by atoms with van der Waals surface area (Å²) in [5, 5.41) is 0. The predicted octanol–water partition coefficient (Wildman–Crippen LogP) is 12.0. The van der Waals surface area contributed by atoms with E-state index >= 15 is 0 Å². The third kappa shape index (κ3) is 40.7. The van der Waals surface area contributed by atoms with Gasteiger partial charge in [-0.3, -0.25) is 18.6 Å². The normalized spacial score (nSPS) is 14.2. The molecule has 0 radical (unpaired) electrons. The molecule has 0 saturated carbocycles. The summed E-state index contributed by atoms with van der Waals surface area (Å²) in [5.74, 6) is -0.950. The molecule has 0 spiro atoms. The highest BCUT2D eigenvalue weighted by atomic mass is 31.2. The number of unbranched alkanes of at least 4 members (excludes halogenated alkanes) is 11. The first-order chi connectivity index (χ1) is 26.8. The van der Waals surface area contributed by atoms with Gasteiger partial charge in [0.15, 0.2) is 6.10 Å². The molecule has 0 aromatic rings. The summed E-state index contributed by atoms with van der Waals surface area (Å²) in [6.45, 7) is 3.55. The van der Waals surface area contributed by atoms with E-state index in [2.05, 4.69) is 86.8 Å². The monoisotopic (exact) mass is 790 g/mol. The van der Waals surface area contributed by atoms with Gasteiger partial charge in [0.2, 0.25) is 0 Å². The van der Waals surface area contributed by atoms with E-state index in [0.29, 0.717) is 12.8 Å². The van der Waals surface area contributed by atoms with Crippen LogP contribution in [0.2, 0.25) is 0 Å². The van der Waals surface area contributed by atoms with Crippen LogP contribution < -0.4 is 5.73 Å². The molecular formula is C45H76NO8P. The Bertz CT molecular complexity index is 1170. The average Bonchev–Trinajstić information content (AvgIpc) is 3.17. The maximum Gasteiger partial charge on any atom is 0.472 e. The van der Waals surface area contributed by atoms with Crippen LogP contribution in [-0.2, 0) is 32.7 Å². The van der Waals surface area contributed by atoms with Crippen LogP contribution in [0.25, 0.3) is 0 Å². The second-order valence-corrected chi connectivity index (χ2v) is 14.9. The molecule has 3 N–H and O–H groups in total. The SMILES string of the molecule is CCCCC/C=C\C/C=C\C/C=C\C/C=C\C/C=C\CCC(=O)OC[C@H](COP(=O)(O)OCCN)OC(=O)CCCCCCC/C=C\C/C=C\CCCCC. The summed E-state index contributed by atoms with van der Waals surface area (Å²) < 4.78 is 32.6. The highest BCUT2D eigenvalue weighted by Crippen LogP contribution is 2.43. The first-order valence-corrected chi connectivity index (χ1v) is 22.6. The van der Waals surface area contributed by atoms with E-state index in [1.807, 2.05) is 12.2 Å². The topological polar surface area (TPSA) is 134 Å². The van der Waals surface area contributed by atoms with Gasteiger partial charge in [0.05, 0.1) is 13.2 Å². The molecular weight excluding hydrogens is 713 g/mol. The van der Waals surface area contributed by atoms with Crippen LogP contribution in [0.3, 0.4) is 0 Å². The molecule has 0 bridgehead atoms. The third-order valence-corrected chi connectivity index (χ3v) is 9.25. The van der Waals surface area contributed by atoms with Gasteiger partial charge in [0.25, 0.3) is 0 Å². The van der Waals surface area contributed by atoms with Crippen LogP contribution in [0.15, 0.2) is 85.1 Å². The minimum Gasteiger partial charge on any atom is -0.462 e. The zero-order valence-corrected chi connectivity index (χ0v) is 35.3. The summed E-state index contributed by atoms with van der Waals surface area (Å²) in [7, 11) is -4.40. The maximum atomic E-state index is 12.6. The Hall–Kier alpha value is -2.81. The smallest absolute Gasteiger partial charge is 0.462 e. The van der Waals surface area contributed by atoms with Crippen LogP contribution in [-0.4, -0.2) is 49.3 Å². The van der Waals surface area contributed by atoms with Gasteiger partial charge in [-0.1, -0.05) is 144 Å². The maximum absolute atomic E-state index is 12.6. The van der Waals surface area contributed by atoms with Crippen LogP contribution in [0, 0.1) is 0 Å². The Labute approximate surface area is 334 Å². The van der Waals surface area contributed by atoms with Gasteiger partial charge in [-0.25, -0.2) is 4.57 Å². The van der Waals surface area contributed by atoms with Gasteiger partial charge in [-0.05, 0) is 83.5 Å². The highest BCUT2D eigenvalue weighted by Gasteiger charge is 2.25. The van der Waals surface area contributed by atoms with Gasteiger partial charge in [-0.2, -0.15) is 0 Å². The Morgan fingerprint density at radius 1 is 0.545 bits per heavy atom. The second kappa shape index (κ2) is 40.8. The summed E-state index contributed by atoms with van der Waals surface area (Å²) in [5.41, 5.74) is 5.34. The fourth-order valence-electron chi connectivity index (χ4n) is 5.12. The standard InChI is InChI=1S/C45H76NO8P/c1-3-5-7-9-11-13-15-17-19-20-21-22-24-25-27-29-31-33-35-37-44(47)51-41-43(42-53-55(49,50)52-40-39-46)54-45(48)38-36-34-32-30-28-26-23-18-16-14-12-10-8-6-4-2/h11-14,17-19,21-23,25,27,31,33,43H,3-10,15-16,20,24,26,28-30,32,34-42,46H2,1-2H3,(H,49,50)/b13-11-,14-12-,19-17-,22-21-,23-18-,27-25-,33-31-/t43-/m1/s1. The lowest BCUT2D eigenvalue weighted by Gasteiger charge is -2.19. The van der Waals surface area contributed by atoms with Crippen LogP contribution in [0.4, 0.5) is 0 Å². The molecule has 0 heterocycles. The van der Waals surface area contributed by atoms with Crippen molar-refractivity contribution < 1.29 is 37.6 Å². The molecule has 55 heavy (non-hydrogen) atoms. The van der Waals surface area contributed by atoms with Crippen molar-refractivity contribution in [2.45, 2.75) is 161 Å². The van der Waals surface area contributed by atoms with Crippen molar-refractivity contribution in [2.24, 2.45) is 5.73 Å². The Kier molecular flexibility index (Phi) is 38.8. The van der Waals surface area contributed by atoms with E-state index in [1.54, 1.807) is 0 Å². The van der Waals surface area contributed by atoms with E-state index in [4.69, 9.17) is 24.3 Å². The van der Waals surface area contributed by atoms with E-state index in [0.717, 1.165) is 64.2 Å². The van der Waals surface area contributed by atoms with Crippen molar-refractivity contribution >= 4 is 19.8 Å². The number of hydrogen-bond acceptors (Lipinski definition) is 8. The van der Waals surface area contributed by atoms with Crippen molar-refractivity contribution in [2.75, 3.05) is 26.4 Å². The Morgan fingerprint density at radius 2 is 0.982 bits per heavy atom. The highest BCUT2D eigenvalue weighted by molar-refractivity contribution is 7.47. The summed E-state index contributed by atoms with van der Waals surface area (Å²) >= 11 is 0. The quantitative estimate of drug-likeness (QED) is 0.0271. The van der Waals surface area contributed by atoms with Crippen molar-refractivity contribution in [1.82, 2.24) is 0 Å². The predicted molar refractivity (Wildman–Crippen MR) is 229 cm³/mol. The van der Waals surface area contributed by atoms with Crippen molar-refractivity contribution in [3.63, 3.8) is 0 Å². The van der Waals surface area contributed by atoms with E-state index in [9.17, 15) is 19.0 Å². The summed E-state index contributed by atoms with van der Waals surface area (Å²) in [6.07, 6.45) is 50.5. The first-order valence-electron chi connectivity index (χ1n) is 21.1. The minimum absolute atomic E-state index is 0.0372. The molecule has 314 valence electrons. The van der Waals surface area contributed by atoms with Gasteiger partial charge in [0, 0.05) is 19.4 Å². The molecule has 0 amide bonds. The molecule has 0 aliphatic heterocycles. The summed E-state index contributed by atoms with van der Waals surface area (Å²) in [4.78, 5) is 34.8. The van der Waals surface area contributed by atoms with Gasteiger partial charge in [-0.15, -0.1) is 0 Å². The number of carbonyl (C=O) groups excluding carboxylic acids is 2. The first kappa shape index (κ1) is 52.2. The van der Waals surface area contributed by atoms with Gasteiger partial charge in [0.1, 0.15) is 6.61 Å². The lowest BCUT2D eigenvalue weighted by atomic mass is 10.1. The fraction of sp³-hybridized carbons (Fsp3) is 0.644. The largest absolute Gasteiger partial charge is 0.472 e. The number of rotatable bonds is 38. The van der Waals surface area contributed by atoms with Crippen molar-refractivity contribution in [1.29, 1.82) is 0 Å². The number of carbonyl (C=O) groups is 2. The minimum atomic E-state index is -4.40. The third-order valence-electron chi connectivity index (χ3n) is 8.27. The number of phosphoric ester groups is 1. The molecule has 0 aliphatic carbocycles. The lowest BCUT2D eigenvalue weighted by Crippen LogP contribution is -2.29. The number of esters is 2. The zero-order valence-electron chi connectivity index (χ0n) is 34.4. The molecule has 0 aromatic carbocycles. The van der Waals surface area contributed by atoms with Crippen LogP contribution in [0.5, 0.6) is 0 Å². The molecule has 0 saturated heterocycles. The van der Waals surface area contributed by atoms with Crippen LogP contribution >= 0.6 is 7.82 Å². The number of phosphoric acid groups is 1. The number of ether oxygens (including phenoxy) is 2. The van der Waals surface area contributed by atoms with Crippen molar-refractivity contribution in [3.05, 3.63) is 85.1 Å². The molecule has 2 atom stereocenters. The van der Waals surface area contributed by atoms with Crippen molar-refractivity contribution in [3.8, 4) is 0 Å². The van der Waals surface area contributed by atoms with E-state index in [1.165, 1.54) is 51.4 Å². The molecule has 0 rings (SSSR count). The number of hydrogen-bond donors (Lipinski definition) is 2. The molecule has 10 heteroatoms. The average molecular weight is 790 g/mol. The number of allylic oxidation sites excluding steroid dienone is 14. The number of nitrogens with two attached hydrogens (primary N) is 1. The van der Waals surface area contributed by atoms with E-state index in [-0.39, 0.29) is 32.6 Å². The van der Waals surface area contributed by atoms with Gasteiger partial charge >= 0.3 is 19.8 Å². The Balaban J connectivity index is 4.34. The fourth-order valence-corrected chi connectivity index (χ4v) is 5.88. The molecule has 9 nitrogen and oxygen atoms in total. The summed E-state index contributed by atoms with van der Waals surface area (Å²) in [6, 6.07) is 0. The Morgan fingerprint density at radius 3 is 1.47 bits per heavy atom. The zero-order chi connectivity index (χ0) is 40.3. The van der Waals surface area contributed by atoms with E-state index < -0.39 is 32.5 Å². The molecule has 0 aromatic heterocycles. The van der Waals surface area contributed by atoms with Gasteiger partial charge < -0.3 is 20.1 Å². The second-order valence-electron chi connectivity index (χ2n) is 13.5.